The maximum Gasteiger partial charge on any atom is 0.149 e. The molecule has 0 N–H and O–H groups in total. The van der Waals surface area contributed by atoms with Gasteiger partial charge in [0, 0.05) is 12.5 Å². The van der Waals surface area contributed by atoms with Crippen molar-refractivity contribution >= 4 is 25.8 Å². The van der Waals surface area contributed by atoms with Crippen molar-refractivity contribution in [3.63, 3.8) is 0 Å². The van der Waals surface area contributed by atoms with E-state index in [9.17, 15) is 8.42 Å². The molecule has 1 aromatic heterocycles. The van der Waals surface area contributed by atoms with Crippen LogP contribution in [0.25, 0.3) is 0 Å². The fourth-order valence-corrected chi connectivity index (χ4v) is 1.70. The van der Waals surface area contributed by atoms with E-state index in [2.05, 4.69) is 21.0 Å². The van der Waals surface area contributed by atoms with E-state index in [0.29, 0.717) is 6.54 Å². The van der Waals surface area contributed by atoms with Crippen molar-refractivity contribution in [2.45, 2.75) is 13.5 Å². The van der Waals surface area contributed by atoms with Gasteiger partial charge in [0.05, 0.1) is 22.5 Å². The summed E-state index contributed by atoms with van der Waals surface area (Å²) in [5.41, 5.74) is 0.869. The van der Waals surface area contributed by atoms with E-state index in [0.717, 1.165) is 10.2 Å². The molecule has 0 spiro atoms. The summed E-state index contributed by atoms with van der Waals surface area (Å²) in [5.74, 6) is 0.126. The van der Waals surface area contributed by atoms with Gasteiger partial charge in [-0.3, -0.25) is 4.68 Å². The van der Waals surface area contributed by atoms with E-state index in [1.807, 2.05) is 6.92 Å². The van der Waals surface area contributed by atoms with Gasteiger partial charge >= 0.3 is 0 Å². The third-order valence-corrected chi connectivity index (χ3v) is 3.28. The van der Waals surface area contributed by atoms with Crippen LogP contribution in [0.5, 0.6) is 0 Å². The summed E-state index contributed by atoms with van der Waals surface area (Å²) in [4.78, 5) is 0. The fraction of sp³-hybridized carbons (Fsp3) is 0.571. The molecule has 74 valence electrons. The topological polar surface area (TPSA) is 52.0 Å². The third kappa shape index (κ3) is 3.48. The van der Waals surface area contributed by atoms with Crippen LogP contribution >= 0.6 is 15.9 Å². The molecule has 0 aliphatic carbocycles. The fourth-order valence-electron chi connectivity index (χ4n) is 0.867. The van der Waals surface area contributed by atoms with Gasteiger partial charge in [0.25, 0.3) is 0 Å². The zero-order valence-corrected chi connectivity index (χ0v) is 9.89. The predicted octanol–water partition coefficient (Wildman–Crippen LogP) is 0.999. The molecule has 0 fully saturated rings. The lowest BCUT2D eigenvalue weighted by molar-refractivity contribution is 0.585. The van der Waals surface area contributed by atoms with Crippen LogP contribution in [0.2, 0.25) is 0 Å². The Bertz CT molecular complexity index is 377. The molecular formula is C7H11BrN2O2S. The minimum Gasteiger partial charge on any atom is -0.270 e. The van der Waals surface area contributed by atoms with Crippen molar-refractivity contribution < 1.29 is 8.42 Å². The SMILES string of the molecule is Cc1nn(CCS(C)(=O)=O)cc1Br. The summed E-state index contributed by atoms with van der Waals surface area (Å²) >= 11 is 3.30. The van der Waals surface area contributed by atoms with Gasteiger partial charge in [-0.2, -0.15) is 5.10 Å². The highest BCUT2D eigenvalue weighted by atomic mass is 79.9. The predicted molar refractivity (Wildman–Crippen MR) is 54.4 cm³/mol. The number of hydrogen-bond donors (Lipinski definition) is 0. The standard InChI is InChI=1S/C7H11BrN2O2S/c1-6-7(8)5-10(9-6)3-4-13(2,11)12/h5H,3-4H2,1-2H3. The molecule has 1 rings (SSSR count). The minimum absolute atomic E-state index is 0.126. The van der Waals surface area contributed by atoms with E-state index in [-0.39, 0.29) is 5.75 Å². The largest absolute Gasteiger partial charge is 0.270 e. The molecule has 0 bridgehead atoms. The van der Waals surface area contributed by atoms with Crippen LogP contribution in [0.4, 0.5) is 0 Å². The van der Waals surface area contributed by atoms with Crippen molar-refractivity contribution in [1.82, 2.24) is 9.78 Å². The number of nitrogens with zero attached hydrogens (tertiary/aromatic N) is 2. The summed E-state index contributed by atoms with van der Waals surface area (Å²) in [6.07, 6.45) is 3.00. The van der Waals surface area contributed by atoms with Crippen LogP contribution in [0, 0.1) is 6.92 Å². The van der Waals surface area contributed by atoms with E-state index < -0.39 is 9.84 Å². The summed E-state index contributed by atoms with van der Waals surface area (Å²) in [5, 5.41) is 4.12. The van der Waals surface area contributed by atoms with Gasteiger partial charge in [-0.1, -0.05) is 0 Å². The molecule has 0 atom stereocenters. The van der Waals surface area contributed by atoms with Gasteiger partial charge in [-0.25, -0.2) is 8.42 Å². The maximum atomic E-state index is 10.8. The molecule has 0 aromatic carbocycles. The zero-order valence-electron chi connectivity index (χ0n) is 7.49. The summed E-state index contributed by atoms with van der Waals surface area (Å²) < 4.78 is 24.2. The normalized spacial score (nSPS) is 11.9. The number of aryl methyl sites for hydroxylation is 2. The molecule has 1 heterocycles. The number of halogens is 1. The highest BCUT2D eigenvalue weighted by Crippen LogP contribution is 2.12. The Kier molecular flexibility index (Phi) is 3.13. The minimum atomic E-state index is -2.90. The van der Waals surface area contributed by atoms with E-state index in [1.165, 1.54) is 6.26 Å². The maximum absolute atomic E-state index is 10.8. The van der Waals surface area contributed by atoms with Gasteiger partial charge in [0.15, 0.2) is 0 Å². The molecule has 6 heteroatoms. The van der Waals surface area contributed by atoms with Gasteiger partial charge < -0.3 is 0 Å². The molecule has 0 saturated heterocycles. The van der Waals surface area contributed by atoms with Crippen LogP contribution < -0.4 is 0 Å². The Hall–Kier alpha value is -0.360. The summed E-state index contributed by atoms with van der Waals surface area (Å²) in [6, 6.07) is 0. The number of hydrogen-bond acceptors (Lipinski definition) is 3. The lowest BCUT2D eigenvalue weighted by Crippen LogP contribution is -2.11. The van der Waals surface area contributed by atoms with Crippen molar-refractivity contribution in [3.05, 3.63) is 16.4 Å². The second-order valence-corrected chi connectivity index (χ2v) is 6.07. The molecule has 0 aliphatic heterocycles. The second kappa shape index (κ2) is 3.79. The van der Waals surface area contributed by atoms with Crippen molar-refractivity contribution in [2.24, 2.45) is 0 Å². The van der Waals surface area contributed by atoms with Crippen molar-refractivity contribution in [3.8, 4) is 0 Å². The molecule has 4 nitrogen and oxygen atoms in total. The van der Waals surface area contributed by atoms with E-state index >= 15 is 0 Å². The zero-order chi connectivity index (χ0) is 10.1. The number of rotatable bonds is 3. The van der Waals surface area contributed by atoms with Crippen LogP contribution in [-0.4, -0.2) is 30.2 Å². The highest BCUT2D eigenvalue weighted by molar-refractivity contribution is 9.10. The first-order chi connectivity index (χ1) is 5.88. The average molecular weight is 267 g/mol. The molecule has 13 heavy (non-hydrogen) atoms. The average Bonchev–Trinajstić information content (AvgIpc) is 2.27. The third-order valence-electron chi connectivity index (χ3n) is 1.58. The molecule has 1 aromatic rings. The lowest BCUT2D eigenvalue weighted by Gasteiger charge is -1.98. The van der Waals surface area contributed by atoms with Gasteiger partial charge in [-0.15, -0.1) is 0 Å². The van der Waals surface area contributed by atoms with Crippen molar-refractivity contribution in [2.75, 3.05) is 12.0 Å². The Morgan fingerprint density at radius 2 is 2.23 bits per heavy atom. The molecule has 0 saturated carbocycles. The summed E-state index contributed by atoms with van der Waals surface area (Å²) in [6.45, 7) is 2.27. The van der Waals surface area contributed by atoms with Crippen LogP contribution in [0.1, 0.15) is 5.69 Å². The first-order valence-electron chi connectivity index (χ1n) is 3.76. The van der Waals surface area contributed by atoms with Gasteiger partial charge in [0.2, 0.25) is 0 Å². The monoisotopic (exact) mass is 266 g/mol. The molecule has 0 radical (unpaired) electrons. The quantitative estimate of drug-likeness (QED) is 0.821. The first-order valence-corrected chi connectivity index (χ1v) is 6.61. The lowest BCUT2D eigenvalue weighted by atomic mass is 10.5. The number of sulfone groups is 1. The summed E-state index contributed by atoms with van der Waals surface area (Å²) in [7, 11) is -2.90. The van der Waals surface area contributed by atoms with E-state index in [4.69, 9.17) is 0 Å². The first kappa shape index (κ1) is 10.7. The van der Waals surface area contributed by atoms with Gasteiger partial charge in [-0.05, 0) is 22.9 Å². The highest BCUT2D eigenvalue weighted by Gasteiger charge is 2.05. The second-order valence-electron chi connectivity index (χ2n) is 2.96. The van der Waals surface area contributed by atoms with Crippen molar-refractivity contribution in [1.29, 1.82) is 0 Å². The molecule has 0 aliphatic rings. The van der Waals surface area contributed by atoms with Crippen LogP contribution in [0.15, 0.2) is 10.7 Å². The van der Waals surface area contributed by atoms with Crippen LogP contribution in [-0.2, 0) is 16.4 Å². The Morgan fingerprint density at radius 3 is 2.62 bits per heavy atom. The Morgan fingerprint density at radius 1 is 1.62 bits per heavy atom. The molecule has 0 amide bonds. The Balaban J connectivity index is 2.66. The number of aromatic nitrogens is 2. The molecular weight excluding hydrogens is 256 g/mol. The van der Waals surface area contributed by atoms with E-state index in [1.54, 1.807) is 10.9 Å². The van der Waals surface area contributed by atoms with Crippen LogP contribution in [0.3, 0.4) is 0 Å². The Labute approximate surface area is 86.0 Å². The van der Waals surface area contributed by atoms with Gasteiger partial charge in [0.1, 0.15) is 9.84 Å². The molecule has 0 unspecified atom stereocenters. The smallest absolute Gasteiger partial charge is 0.149 e.